The Balaban J connectivity index is 1.38. The lowest BCUT2D eigenvalue weighted by Crippen LogP contribution is -2.35. The highest BCUT2D eigenvalue weighted by Crippen LogP contribution is 2.19. The van der Waals surface area contributed by atoms with Crippen molar-refractivity contribution in [1.82, 2.24) is 24.9 Å². The summed E-state index contributed by atoms with van der Waals surface area (Å²) in [5, 5.41) is 4.16. The van der Waals surface area contributed by atoms with Crippen molar-refractivity contribution in [3.8, 4) is 11.4 Å². The molecular weight excluding hydrogens is 397 g/mol. The molecule has 1 aromatic carbocycles. The van der Waals surface area contributed by atoms with E-state index in [2.05, 4.69) is 20.0 Å². The summed E-state index contributed by atoms with van der Waals surface area (Å²) < 4.78 is 18.7. The molecule has 0 N–H and O–H groups in total. The first-order valence-corrected chi connectivity index (χ1v) is 9.68. The average Bonchev–Trinajstić information content (AvgIpc) is 3.06. The summed E-state index contributed by atoms with van der Waals surface area (Å²) in [7, 11) is 0. The van der Waals surface area contributed by atoms with Gasteiger partial charge in [0.1, 0.15) is 11.0 Å². The molecule has 0 radical (unpaired) electrons. The quantitative estimate of drug-likeness (QED) is 0.609. The van der Waals surface area contributed by atoms with Crippen LogP contribution >= 0.6 is 11.6 Å². The molecule has 1 aliphatic rings. The Morgan fingerprint density at radius 3 is 2.90 bits per heavy atom. The van der Waals surface area contributed by atoms with Crippen molar-refractivity contribution in [2.75, 3.05) is 26.2 Å². The first-order chi connectivity index (χ1) is 14.1. The molecule has 0 aliphatic carbocycles. The third-order valence-corrected chi connectivity index (χ3v) is 5.08. The molecule has 3 aromatic rings. The number of carbonyl (C=O) groups excluding carboxylic acids is 1. The molecule has 4 rings (SSSR count). The molecule has 0 saturated carbocycles. The van der Waals surface area contributed by atoms with Crippen LogP contribution in [0.5, 0.6) is 0 Å². The lowest BCUT2D eigenvalue weighted by molar-refractivity contribution is 0.0760. The van der Waals surface area contributed by atoms with E-state index in [4.69, 9.17) is 16.1 Å². The van der Waals surface area contributed by atoms with Gasteiger partial charge in [0.15, 0.2) is 0 Å². The Morgan fingerprint density at radius 1 is 1.17 bits per heavy atom. The van der Waals surface area contributed by atoms with Crippen molar-refractivity contribution in [2.24, 2.45) is 0 Å². The maximum absolute atomic E-state index is 13.4. The van der Waals surface area contributed by atoms with Gasteiger partial charge in [-0.05, 0) is 30.7 Å². The summed E-state index contributed by atoms with van der Waals surface area (Å²) in [5.41, 5.74) is 0.986. The predicted octanol–water partition coefficient (Wildman–Crippen LogP) is 3.27. The van der Waals surface area contributed by atoms with Crippen LogP contribution in [0.2, 0.25) is 5.15 Å². The molecular formula is C20H19ClFN5O2. The van der Waals surface area contributed by atoms with E-state index in [1.807, 2.05) is 0 Å². The van der Waals surface area contributed by atoms with E-state index in [9.17, 15) is 9.18 Å². The van der Waals surface area contributed by atoms with Gasteiger partial charge in [-0.2, -0.15) is 4.98 Å². The van der Waals surface area contributed by atoms with Crippen LogP contribution in [0.15, 0.2) is 47.1 Å². The minimum absolute atomic E-state index is 0.115. The third kappa shape index (κ3) is 4.60. The number of aromatic nitrogens is 3. The summed E-state index contributed by atoms with van der Waals surface area (Å²) >= 11 is 6.06. The van der Waals surface area contributed by atoms with Crippen molar-refractivity contribution in [3.63, 3.8) is 0 Å². The number of halogens is 2. The van der Waals surface area contributed by atoms with Gasteiger partial charge in [-0.15, -0.1) is 0 Å². The maximum Gasteiger partial charge on any atom is 0.257 e. The third-order valence-electron chi connectivity index (χ3n) is 4.78. The van der Waals surface area contributed by atoms with Crippen LogP contribution in [-0.2, 0) is 6.54 Å². The summed E-state index contributed by atoms with van der Waals surface area (Å²) in [6.45, 7) is 3.13. The van der Waals surface area contributed by atoms with Crippen LogP contribution in [0.3, 0.4) is 0 Å². The average molecular weight is 416 g/mol. The summed E-state index contributed by atoms with van der Waals surface area (Å²) in [5.74, 6) is 0.354. The summed E-state index contributed by atoms with van der Waals surface area (Å²) in [6.07, 6.45) is 2.38. The van der Waals surface area contributed by atoms with Gasteiger partial charge in [0.05, 0.1) is 12.1 Å². The van der Waals surface area contributed by atoms with Gasteiger partial charge in [-0.1, -0.05) is 28.9 Å². The fourth-order valence-electron chi connectivity index (χ4n) is 3.30. The van der Waals surface area contributed by atoms with E-state index in [0.717, 1.165) is 13.0 Å². The normalized spacial score (nSPS) is 15.3. The SMILES string of the molecule is O=C(c1cccnc1Cl)N1CCCN(Cc2nc(-c3cccc(F)c3)no2)CC1. The summed E-state index contributed by atoms with van der Waals surface area (Å²) in [6, 6.07) is 9.47. The minimum atomic E-state index is -0.347. The molecule has 0 atom stereocenters. The first-order valence-electron chi connectivity index (χ1n) is 9.31. The molecule has 0 spiro atoms. The first kappa shape index (κ1) is 19.5. The van der Waals surface area contributed by atoms with Crippen molar-refractivity contribution < 1.29 is 13.7 Å². The molecule has 1 amide bonds. The van der Waals surface area contributed by atoms with Crippen molar-refractivity contribution in [3.05, 3.63) is 65.0 Å². The van der Waals surface area contributed by atoms with Gasteiger partial charge in [-0.3, -0.25) is 9.69 Å². The fraction of sp³-hybridized carbons (Fsp3) is 0.300. The van der Waals surface area contributed by atoms with E-state index < -0.39 is 0 Å². The second kappa shape index (κ2) is 8.67. The molecule has 3 heterocycles. The highest BCUT2D eigenvalue weighted by atomic mass is 35.5. The van der Waals surface area contributed by atoms with Gasteiger partial charge < -0.3 is 9.42 Å². The van der Waals surface area contributed by atoms with Crippen LogP contribution < -0.4 is 0 Å². The van der Waals surface area contributed by atoms with Crippen LogP contribution in [0.4, 0.5) is 4.39 Å². The number of hydrogen-bond donors (Lipinski definition) is 0. The highest BCUT2D eigenvalue weighted by Gasteiger charge is 2.23. The van der Waals surface area contributed by atoms with Crippen LogP contribution in [0.1, 0.15) is 22.7 Å². The zero-order valence-corrected chi connectivity index (χ0v) is 16.3. The molecule has 9 heteroatoms. The zero-order chi connectivity index (χ0) is 20.2. The molecule has 0 unspecified atom stereocenters. The largest absolute Gasteiger partial charge is 0.338 e. The fourth-order valence-corrected chi connectivity index (χ4v) is 3.50. The Morgan fingerprint density at radius 2 is 2.07 bits per heavy atom. The molecule has 29 heavy (non-hydrogen) atoms. The van der Waals surface area contributed by atoms with E-state index in [0.29, 0.717) is 49.0 Å². The Bertz CT molecular complexity index is 1010. The van der Waals surface area contributed by atoms with Gasteiger partial charge in [0.25, 0.3) is 5.91 Å². The number of pyridine rings is 1. The molecule has 1 saturated heterocycles. The Kier molecular flexibility index (Phi) is 5.82. The lowest BCUT2D eigenvalue weighted by atomic mass is 10.2. The number of rotatable bonds is 4. The molecule has 1 aliphatic heterocycles. The maximum atomic E-state index is 13.4. The number of nitrogens with zero attached hydrogens (tertiary/aromatic N) is 5. The standard InChI is InChI=1S/C20H19ClFN5O2/c21-18-16(6-2-7-23-18)20(28)27-9-3-8-26(10-11-27)13-17-24-19(25-29-17)14-4-1-5-15(22)12-14/h1-2,4-7,12H,3,8-11,13H2. The minimum Gasteiger partial charge on any atom is -0.338 e. The van der Waals surface area contributed by atoms with Gasteiger partial charge >= 0.3 is 0 Å². The van der Waals surface area contributed by atoms with E-state index in [-0.39, 0.29) is 16.9 Å². The van der Waals surface area contributed by atoms with Crippen molar-refractivity contribution in [2.45, 2.75) is 13.0 Å². The molecule has 7 nitrogen and oxygen atoms in total. The Hall–Kier alpha value is -2.84. The zero-order valence-electron chi connectivity index (χ0n) is 15.6. The monoisotopic (exact) mass is 415 g/mol. The van der Waals surface area contributed by atoms with E-state index >= 15 is 0 Å². The molecule has 150 valence electrons. The van der Waals surface area contributed by atoms with Crippen molar-refractivity contribution >= 4 is 17.5 Å². The second-order valence-electron chi connectivity index (χ2n) is 6.79. The number of benzene rings is 1. The topological polar surface area (TPSA) is 75.4 Å². The highest BCUT2D eigenvalue weighted by molar-refractivity contribution is 6.32. The van der Waals surface area contributed by atoms with Crippen LogP contribution in [0.25, 0.3) is 11.4 Å². The number of hydrogen-bond acceptors (Lipinski definition) is 6. The summed E-state index contributed by atoms with van der Waals surface area (Å²) in [4.78, 5) is 25.0. The van der Waals surface area contributed by atoms with Crippen LogP contribution in [0, 0.1) is 5.82 Å². The van der Waals surface area contributed by atoms with E-state index in [1.54, 1.807) is 35.4 Å². The van der Waals surface area contributed by atoms with Gasteiger partial charge in [0, 0.05) is 37.9 Å². The Labute approximate surface area is 172 Å². The molecule has 1 fully saturated rings. The van der Waals surface area contributed by atoms with Crippen LogP contribution in [-0.4, -0.2) is 57.0 Å². The van der Waals surface area contributed by atoms with Gasteiger partial charge in [0.2, 0.25) is 11.7 Å². The lowest BCUT2D eigenvalue weighted by Gasteiger charge is -2.21. The van der Waals surface area contributed by atoms with Crippen molar-refractivity contribution in [1.29, 1.82) is 0 Å². The smallest absolute Gasteiger partial charge is 0.257 e. The van der Waals surface area contributed by atoms with E-state index in [1.165, 1.54) is 12.1 Å². The number of carbonyl (C=O) groups is 1. The second-order valence-corrected chi connectivity index (χ2v) is 7.14. The van der Waals surface area contributed by atoms with Gasteiger partial charge in [-0.25, -0.2) is 9.37 Å². The number of amides is 1. The predicted molar refractivity (Wildman–Crippen MR) is 105 cm³/mol. The molecule has 2 aromatic heterocycles. The molecule has 0 bridgehead atoms.